The molecule has 0 N–H and O–H groups in total. The molecule has 0 saturated carbocycles. The van der Waals surface area contributed by atoms with Gasteiger partial charge in [0.15, 0.2) is 0 Å². The van der Waals surface area contributed by atoms with Gasteiger partial charge in [0.25, 0.3) is 0 Å². The summed E-state index contributed by atoms with van der Waals surface area (Å²) in [6.07, 6.45) is 11.2. The maximum Gasteiger partial charge on any atom is 0.117 e. The van der Waals surface area contributed by atoms with E-state index in [1.54, 1.807) is 11.3 Å². The van der Waals surface area contributed by atoms with Crippen molar-refractivity contribution in [2.75, 3.05) is 37.6 Å². The summed E-state index contributed by atoms with van der Waals surface area (Å²) in [6.45, 7) is 8.20. The van der Waals surface area contributed by atoms with Crippen LogP contribution in [0.15, 0.2) is 48.5 Å². The minimum absolute atomic E-state index is 1.06. The predicted molar refractivity (Wildman–Crippen MR) is 132 cm³/mol. The van der Waals surface area contributed by atoms with Crippen molar-refractivity contribution in [2.45, 2.75) is 39.0 Å². The van der Waals surface area contributed by atoms with Gasteiger partial charge in [0.1, 0.15) is 5.01 Å². The molecule has 2 heterocycles. The number of benzene rings is 2. The molecule has 0 amide bonds. The van der Waals surface area contributed by atoms with Crippen LogP contribution >= 0.6 is 11.3 Å². The van der Waals surface area contributed by atoms with Gasteiger partial charge in [-0.15, -0.1) is 11.3 Å². The van der Waals surface area contributed by atoms with Crippen LogP contribution in [0.5, 0.6) is 0 Å². The summed E-state index contributed by atoms with van der Waals surface area (Å²) >= 11 is 1.74. The van der Waals surface area contributed by atoms with Crippen LogP contribution in [-0.2, 0) is 0 Å². The van der Waals surface area contributed by atoms with Crippen LogP contribution in [0, 0.1) is 0 Å². The molecule has 2 aromatic carbocycles. The third-order valence-corrected chi connectivity index (χ3v) is 6.94. The topological polar surface area (TPSA) is 19.4 Å². The van der Waals surface area contributed by atoms with Crippen molar-refractivity contribution in [3.63, 3.8) is 0 Å². The average molecular weight is 420 g/mol. The number of fused-ring (bicyclic) bond motifs is 1. The summed E-state index contributed by atoms with van der Waals surface area (Å²) in [5, 5.41) is 1.06. The number of aromatic nitrogens is 1. The Kier molecular flexibility index (Phi) is 7.54. The third-order valence-electron chi connectivity index (χ3n) is 5.94. The monoisotopic (exact) mass is 419 g/mol. The van der Waals surface area contributed by atoms with Gasteiger partial charge in [0.05, 0.1) is 10.2 Å². The number of hydrogen-bond donors (Lipinski definition) is 0. The van der Waals surface area contributed by atoms with Crippen molar-refractivity contribution in [1.82, 2.24) is 9.88 Å². The van der Waals surface area contributed by atoms with Gasteiger partial charge in [0.2, 0.25) is 0 Å². The molecular weight excluding hydrogens is 386 g/mol. The zero-order valence-electron chi connectivity index (χ0n) is 18.1. The van der Waals surface area contributed by atoms with Crippen LogP contribution in [0.4, 0.5) is 5.69 Å². The minimum atomic E-state index is 1.06. The molecule has 1 aliphatic heterocycles. The summed E-state index contributed by atoms with van der Waals surface area (Å²) in [7, 11) is 0. The van der Waals surface area contributed by atoms with Gasteiger partial charge in [-0.2, -0.15) is 0 Å². The second-order valence-electron chi connectivity index (χ2n) is 8.19. The van der Waals surface area contributed by atoms with Gasteiger partial charge in [0, 0.05) is 31.9 Å². The van der Waals surface area contributed by atoms with E-state index in [0.717, 1.165) is 23.6 Å². The zero-order valence-corrected chi connectivity index (χ0v) is 18.9. The summed E-state index contributed by atoms with van der Waals surface area (Å²) in [4.78, 5) is 9.84. The van der Waals surface area contributed by atoms with Crippen LogP contribution in [0.1, 0.15) is 49.6 Å². The smallest absolute Gasteiger partial charge is 0.117 e. The summed E-state index contributed by atoms with van der Waals surface area (Å²) in [5.74, 6) is 0. The van der Waals surface area contributed by atoms with Crippen molar-refractivity contribution in [3.8, 4) is 0 Å². The molecule has 4 heteroatoms. The van der Waals surface area contributed by atoms with E-state index in [-0.39, 0.29) is 0 Å². The van der Waals surface area contributed by atoms with Gasteiger partial charge < -0.3 is 4.90 Å². The van der Waals surface area contributed by atoms with Gasteiger partial charge in [-0.05, 0) is 48.9 Å². The maximum absolute atomic E-state index is 4.68. The van der Waals surface area contributed by atoms with Crippen LogP contribution in [0.2, 0.25) is 0 Å². The molecule has 0 unspecified atom stereocenters. The number of para-hydroxylation sites is 1. The van der Waals surface area contributed by atoms with Crippen LogP contribution in [-0.4, -0.2) is 42.6 Å². The highest BCUT2D eigenvalue weighted by Crippen LogP contribution is 2.24. The molecule has 1 aromatic heterocycles. The second-order valence-corrected chi connectivity index (χ2v) is 9.25. The highest BCUT2D eigenvalue weighted by molar-refractivity contribution is 7.19. The average Bonchev–Trinajstić information content (AvgIpc) is 3.21. The Balaban J connectivity index is 1.26. The number of thiazole rings is 1. The molecule has 0 aliphatic carbocycles. The lowest BCUT2D eigenvalue weighted by Gasteiger charge is -2.36. The Morgan fingerprint density at radius 2 is 1.63 bits per heavy atom. The van der Waals surface area contributed by atoms with Crippen molar-refractivity contribution in [1.29, 1.82) is 0 Å². The molecule has 3 aromatic rings. The molecule has 0 bridgehead atoms. The Bertz CT molecular complexity index is 903. The van der Waals surface area contributed by atoms with Crippen molar-refractivity contribution < 1.29 is 0 Å². The lowest BCUT2D eigenvalue weighted by atomic mass is 10.1. The van der Waals surface area contributed by atoms with E-state index in [2.05, 4.69) is 76.3 Å². The van der Waals surface area contributed by atoms with Gasteiger partial charge in [-0.25, -0.2) is 4.98 Å². The highest BCUT2D eigenvalue weighted by Gasteiger charge is 2.16. The van der Waals surface area contributed by atoms with E-state index >= 15 is 0 Å². The van der Waals surface area contributed by atoms with E-state index in [1.807, 2.05) is 6.07 Å². The normalized spacial score (nSPS) is 15.4. The number of unbranched alkanes of at least 4 members (excludes halogenated alkanes) is 4. The van der Waals surface area contributed by atoms with Crippen molar-refractivity contribution in [3.05, 3.63) is 59.1 Å². The predicted octanol–water partition coefficient (Wildman–Crippen LogP) is 6.56. The largest absolute Gasteiger partial charge is 0.369 e. The van der Waals surface area contributed by atoms with Crippen molar-refractivity contribution >= 4 is 39.4 Å². The van der Waals surface area contributed by atoms with Gasteiger partial charge >= 0.3 is 0 Å². The van der Waals surface area contributed by atoms with E-state index in [0.29, 0.717) is 0 Å². The van der Waals surface area contributed by atoms with E-state index in [1.165, 1.54) is 67.7 Å². The quantitative estimate of drug-likeness (QED) is 0.366. The van der Waals surface area contributed by atoms with Gasteiger partial charge in [-0.3, -0.25) is 4.90 Å². The van der Waals surface area contributed by atoms with E-state index in [4.69, 9.17) is 0 Å². The maximum atomic E-state index is 4.68. The van der Waals surface area contributed by atoms with Crippen LogP contribution in [0.3, 0.4) is 0 Å². The Morgan fingerprint density at radius 3 is 2.40 bits per heavy atom. The molecule has 0 spiro atoms. The number of rotatable bonds is 9. The molecule has 0 atom stereocenters. The van der Waals surface area contributed by atoms with Crippen LogP contribution < -0.4 is 4.90 Å². The van der Waals surface area contributed by atoms with Crippen molar-refractivity contribution in [2.24, 2.45) is 0 Å². The summed E-state index contributed by atoms with van der Waals surface area (Å²) in [5.41, 5.74) is 3.65. The molecule has 1 aliphatic rings. The van der Waals surface area contributed by atoms with E-state index in [9.17, 15) is 0 Å². The highest BCUT2D eigenvalue weighted by atomic mass is 32.1. The first-order valence-corrected chi connectivity index (χ1v) is 12.2. The first kappa shape index (κ1) is 21.1. The first-order chi connectivity index (χ1) is 14.8. The van der Waals surface area contributed by atoms with E-state index < -0.39 is 0 Å². The third kappa shape index (κ3) is 5.71. The number of hydrogen-bond acceptors (Lipinski definition) is 4. The molecule has 1 saturated heterocycles. The Hall–Kier alpha value is -2.17. The lowest BCUT2D eigenvalue weighted by molar-refractivity contribution is 0.252. The molecule has 3 nitrogen and oxygen atoms in total. The molecule has 0 radical (unpaired) electrons. The minimum Gasteiger partial charge on any atom is -0.369 e. The lowest BCUT2D eigenvalue weighted by Crippen LogP contribution is -2.46. The van der Waals surface area contributed by atoms with Gasteiger partial charge in [-0.1, -0.05) is 62.9 Å². The fraction of sp³-hybridized carbons (Fsp3) is 0.423. The second kappa shape index (κ2) is 10.7. The summed E-state index contributed by atoms with van der Waals surface area (Å²) in [6, 6.07) is 17.3. The summed E-state index contributed by atoms with van der Waals surface area (Å²) < 4.78 is 1.24. The van der Waals surface area contributed by atoms with Crippen LogP contribution in [0.25, 0.3) is 22.4 Å². The SMILES string of the molecule is CCCCCCCN1CCN(c2ccc(/C=C/c3nc4ccccc4s3)cc2)CC1. The molecule has 4 rings (SSSR count). The number of nitrogens with zero attached hydrogens (tertiary/aromatic N) is 3. The fourth-order valence-electron chi connectivity index (χ4n) is 4.09. The molecule has 30 heavy (non-hydrogen) atoms. The first-order valence-electron chi connectivity index (χ1n) is 11.4. The number of piperazine rings is 1. The molecule has 158 valence electrons. The Labute approximate surface area is 185 Å². The zero-order chi connectivity index (χ0) is 20.6. The molecular formula is C26H33N3S. The Morgan fingerprint density at radius 1 is 0.867 bits per heavy atom. The number of anilines is 1. The fourth-order valence-corrected chi connectivity index (χ4v) is 4.96. The standard InChI is InChI=1S/C26H33N3S/c1-2-3-4-5-8-17-28-18-20-29(21-19-28)23-14-11-22(12-15-23)13-16-26-27-24-9-6-7-10-25(24)30-26/h6-7,9-16H,2-5,8,17-21H2,1H3/b16-13+. The molecule has 1 fully saturated rings.